The van der Waals surface area contributed by atoms with Gasteiger partial charge >= 0.3 is 0 Å². The maximum absolute atomic E-state index is 6.52. The summed E-state index contributed by atoms with van der Waals surface area (Å²) in [6.07, 6.45) is 1.85. The molecule has 7 aromatic carbocycles. The minimum absolute atomic E-state index is 0.822. The van der Waals surface area contributed by atoms with E-state index < -0.39 is 0 Å². The number of aromatic nitrogens is 4. The molecule has 0 saturated carbocycles. The van der Waals surface area contributed by atoms with Gasteiger partial charge < -0.3 is 9.40 Å². The third kappa shape index (κ3) is 4.15. The molecule has 11 aromatic rings. The summed E-state index contributed by atoms with van der Waals surface area (Å²) in [7, 11) is 0. The van der Waals surface area contributed by atoms with E-state index >= 15 is 0 Å². The Morgan fingerprint density at radius 3 is 2.22 bits per heavy atom. The number of hydrogen-bond acceptors (Lipinski definition) is 3. The largest absolute Gasteiger partial charge is 0.456 e. The molecule has 51 heavy (non-hydrogen) atoms. The van der Waals surface area contributed by atoms with Crippen molar-refractivity contribution in [2.45, 2.75) is 0 Å². The molecule has 1 N–H and O–H groups in total. The van der Waals surface area contributed by atoms with Crippen LogP contribution in [0.2, 0.25) is 0 Å². The Morgan fingerprint density at radius 1 is 0.549 bits per heavy atom. The second kappa shape index (κ2) is 10.8. The first-order chi connectivity index (χ1) is 25.3. The molecule has 0 amide bonds. The Morgan fingerprint density at radius 2 is 1.29 bits per heavy atom. The van der Waals surface area contributed by atoms with Gasteiger partial charge in [-0.2, -0.15) is 0 Å². The smallest absolute Gasteiger partial charge is 0.147 e. The van der Waals surface area contributed by atoms with E-state index in [-0.39, 0.29) is 0 Å². The number of para-hydroxylation sites is 4. The highest BCUT2D eigenvalue weighted by molar-refractivity contribution is 6.15. The van der Waals surface area contributed by atoms with E-state index in [1.54, 1.807) is 0 Å². The number of hydrogen-bond donors (Lipinski definition) is 1. The fourth-order valence-electron chi connectivity index (χ4n) is 7.95. The van der Waals surface area contributed by atoms with E-state index in [1.807, 2.05) is 30.5 Å². The average Bonchev–Trinajstić information content (AvgIpc) is 3.89. The SMILES string of the molecule is c1ccc(-c2cc(-c3cccc4c3nc(-c3cccc5c3[nH]c3ccccc35)n4-c3cccc4ccccc34)cc3oc4ccccc4c23)nc1. The number of fused-ring (bicyclic) bond motifs is 8. The molecule has 238 valence electrons. The molecule has 0 unspecified atom stereocenters. The van der Waals surface area contributed by atoms with E-state index in [4.69, 9.17) is 14.4 Å². The number of aromatic amines is 1. The highest BCUT2D eigenvalue weighted by atomic mass is 16.3. The first kappa shape index (κ1) is 27.9. The molecule has 0 spiro atoms. The molecule has 0 aliphatic carbocycles. The topological polar surface area (TPSA) is 59.6 Å². The van der Waals surface area contributed by atoms with Crippen molar-refractivity contribution in [1.29, 1.82) is 0 Å². The fraction of sp³-hybridized carbons (Fsp3) is 0. The lowest BCUT2D eigenvalue weighted by molar-refractivity contribution is 0.669. The standard InChI is InChI=1S/C46H28N4O/c1-2-14-30-28(12-1)13-9-22-39(30)50-40-23-11-17-31(45(40)49-46(50)35-19-10-18-33-32-15-3-5-21-38(32)48-44(33)35)29-26-36(37-20-7-8-25-47-37)43-34-16-4-6-24-41(34)51-42(43)27-29/h1-27,48H. The van der Waals surface area contributed by atoms with Crippen LogP contribution in [-0.4, -0.2) is 19.5 Å². The summed E-state index contributed by atoms with van der Waals surface area (Å²) in [5, 5.41) is 6.85. The van der Waals surface area contributed by atoms with E-state index in [0.29, 0.717) is 0 Å². The maximum atomic E-state index is 6.52. The molecule has 0 aliphatic heterocycles. The van der Waals surface area contributed by atoms with Crippen LogP contribution in [0, 0.1) is 0 Å². The van der Waals surface area contributed by atoms with Gasteiger partial charge in [0.15, 0.2) is 0 Å². The monoisotopic (exact) mass is 652 g/mol. The van der Waals surface area contributed by atoms with Crippen molar-refractivity contribution in [3.8, 4) is 39.5 Å². The first-order valence-electron chi connectivity index (χ1n) is 17.2. The van der Waals surface area contributed by atoms with Crippen LogP contribution in [0.25, 0.3) is 105 Å². The highest BCUT2D eigenvalue weighted by Crippen LogP contribution is 2.43. The van der Waals surface area contributed by atoms with Gasteiger partial charge in [-0.25, -0.2) is 4.98 Å². The molecule has 0 fully saturated rings. The summed E-state index contributed by atoms with van der Waals surface area (Å²) in [6, 6.07) is 55.2. The summed E-state index contributed by atoms with van der Waals surface area (Å²) in [5.41, 5.74) is 11.9. The summed E-state index contributed by atoms with van der Waals surface area (Å²) >= 11 is 0. The fourth-order valence-corrected chi connectivity index (χ4v) is 7.95. The Kier molecular flexibility index (Phi) is 5.89. The number of nitrogens with zero attached hydrogens (tertiary/aromatic N) is 3. The highest BCUT2D eigenvalue weighted by Gasteiger charge is 2.23. The second-order valence-electron chi connectivity index (χ2n) is 13.1. The van der Waals surface area contributed by atoms with E-state index in [0.717, 1.165) is 88.9 Å². The Bertz CT molecular complexity index is 3140. The van der Waals surface area contributed by atoms with E-state index in [1.165, 1.54) is 16.2 Å². The van der Waals surface area contributed by atoms with E-state index in [2.05, 4.69) is 143 Å². The number of nitrogens with one attached hydrogen (secondary N) is 1. The average molecular weight is 653 g/mol. The second-order valence-corrected chi connectivity index (χ2v) is 13.1. The van der Waals surface area contributed by atoms with Gasteiger partial charge in [-0.3, -0.25) is 9.55 Å². The molecule has 11 rings (SSSR count). The first-order valence-corrected chi connectivity index (χ1v) is 17.2. The zero-order valence-electron chi connectivity index (χ0n) is 27.3. The molecule has 0 saturated heterocycles. The molecule has 0 aliphatic rings. The van der Waals surface area contributed by atoms with Crippen molar-refractivity contribution in [3.05, 3.63) is 164 Å². The van der Waals surface area contributed by atoms with Gasteiger partial charge in [-0.05, 0) is 65.5 Å². The molecule has 0 atom stereocenters. The van der Waals surface area contributed by atoms with Crippen LogP contribution in [0.4, 0.5) is 0 Å². The zero-order valence-corrected chi connectivity index (χ0v) is 27.3. The molecule has 0 radical (unpaired) electrons. The van der Waals surface area contributed by atoms with Gasteiger partial charge in [0, 0.05) is 55.3 Å². The minimum atomic E-state index is 0.822. The predicted molar refractivity (Wildman–Crippen MR) is 209 cm³/mol. The summed E-state index contributed by atoms with van der Waals surface area (Å²) < 4.78 is 8.86. The third-order valence-electron chi connectivity index (χ3n) is 10.2. The Balaban J connectivity index is 1.25. The van der Waals surface area contributed by atoms with Crippen molar-refractivity contribution >= 4 is 65.6 Å². The van der Waals surface area contributed by atoms with Crippen LogP contribution in [0.5, 0.6) is 0 Å². The van der Waals surface area contributed by atoms with Crippen LogP contribution in [-0.2, 0) is 0 Å². The van der Waals surface area contributed by atoms with Gasteiger partial charge in [-0.15, -0.1) is 0 Å². The van der Waals surface area contributed by atoms with E-state index in [9.17, 15) is 0 Å². The third-order valence-corrected chi connectivity index (χ3v) is 10.2. The van der Waals surface area contributed by atoms with Gasteiger partial charge in [0.2, 0.25) is 0 Å². The predicted octanol–water partition coefficient (Wildman–Crippen LogP) is 12.1. The van der Waals surface area contributed by atoms with Crippen LogP contribution in [0.1, 0.15) is 0 Å². The maximum Gasteiger partial charge on any atom is 0.147 e. The number of furan rings is 1. The van der Waals surface area contributed by atoms with Crippen molar-refractivity contribution in [1.82, 2.24) is 19.5 Å². The quantitative estimate of drug-likeness (QED) is 0.206. The van der Waals surface area contributed by atoms with Gasteiger partial charge in [0.05, 0.1) is 27.9 Å². The van der Waals surface area contributed by atoms with Crippen molar-refractivity contribution in [2.75, 3.05) is 0 Å². The van der Waals surface area contributed by atoms with Crippen LogP contribution in [0.3, 0.4) is 0 Å². The lowest BCUT2D eigenvalue weighted by Crippen LogP contribution is -1.99. The van der Waals surface area contributed by atoms with Gasteiger partial charge in [-0.1, -0.05) is 103 Å². The number of rotatable bonds is 4. The number of pyridine rings is 1. The Labute approximate surface area is 292 Å². The van der Waals surface area contributed by atoms with Crippen molar-refractivity contribution < 1.29 is 4.42 Å². The van der Waals surface area contributed by atoms with Crippen LogP contribution in [0.15, 0.2) is 168 Å². The summed E-state index contributed by atoms with van der Waals surface area (Å²) in [4.78, 5) is 14.1. The Hall–Kier alpha value is -6.98. The number of benzene rings is 7. The van der Waals surface area contributed by atoms with Crippen molar-refractivity contribution in [2.24, 2.45) is 0 Å². The molecule has 4 heterocycles. The van der Waals surface area contributed by atoms with Gasteiger partial charge in [0.1, 0.15) is 17.0 Å². The van der Waals surface area contributed by atoms with Gasteiger partial charge in [0.25, 0.3) is 0 Å². The number of imidazole rings is 1. The molecule has 0 bridgehead atoms. The normalized spacial score (nSPS) is 11.9. The molecule has 4 aromatic heterocycles. The summed E-state index contributed by atoms with van der Waals surface area (Å²) in [6.45, 7) is 0. The molecule has 5 nitrogen and oxygen atoms in total. The zero-order chi connectivity index (χ0) is 33.5. The summed E-state index contributed by atoms with van der Waals surface area (Å²) in [5.74, 6) is 0.876. The molecular formula is C46H28N4O. The lowest BCUT2D eigenvalue weighted by atomic mass is 9.96. The molecule has 5 heteroatoms. The molecular weight excluding hydrogens is 625 g/mol. The van der Waals surface area contributed by atoms with Crippen LogP contribution < -0.4 is 0 Å². The lowest BCUT2D eigenvalue weighted by Gasteiger charge is -2.13. The van der Waals surface area contributed by atoms with Crippen molar-refractivity contribution in [3.63, 3.8) is 0 Å². The van der Waals surface area contributed by atoms with Crippen LogP contribution >= 0.6 is 0 Å². The number of H-pyrrole nitrogens is 1. The minimum Gasteiger partial charge on any atom is -0.456 e.